The monoisotopic (exact) mass is 454 g/mol. The zero-order valence-corrected chi connectivity index (χ0v) is 20.1. The minimum Gasteiger partial charge on any atom is -0.491 e. The Morgan fingerprint density at radius 1 is 1.22 bits per heavy atom. The molecule has 0 aliphatic carbocycles. The SMILES string of the molecule is C=CC(=O)N1CCCC(OC(=O)NCCOCCOc2cc(F)ccc2C)C1.CC.CC. The van der Waals surface area contributed by atoms with E-state index in [2.05, 4.69) is 11.9 Å². The fourth-order valence-corrected chi connectivity index (χ4v) is 2.82. The predicted octanol–water partition coefficient (Wildman–Crippen LogP) is 4.49. The van der Waals surface area contributed by atoms with Crippen molar-refractivity contribution in [3.05, 3.63) is 42.2 Å². The van der Waals surface area contributed by atoms with E-state index in [9.17, 15) is 14.0 Å². The zero-order valence-electron chi connectivity index (χ0n) is 20.1. The molecule has 8 heteroatoms. The van der Waals surface area contributed by atoms with Crippen LogP contribution in [-0.4, -0.2) is 62.5 Å². The third-order valence-electron chi connectivity index (χ3n) is 4.29. The van der Waals surface area contributed by atoms with Crippen LogP contribution in [0.25, 0.3) is 0 Å². The standard InChI is InChI=1S/C20H27FN2O5.2C2H6/c1-3-19(24)23-9-4-5-17(14-23)28-20(25)22-8-10-26-11-12-27-18-13-16(21)7-6-15(18)2;2*1-2/h3,6-7,13,17H,1,4-5,8-12,14H2,2H3,(H,22,25);2*1-2H3. The highest BCUT2D eigenvalue weighted by molar-refractivity contribution is 5.87. The van der Waals surface area contributed by atoms with Gasteiger partial charge in [0, 0.05) is 19.2 Å². The summed E-state index contributed by atoms with van der Waals surface area (Å²) in [5.41, 5.74) is 0.849. The first-order valence-electron chi connectivity index (χ1n) is 11.3. The maximum atomic E-state index is 13.2. The first-order chi connectivity index (χ1) is 15.5. The van der Waals surface area contributed by atoms with E-state index >= 15 is 0 Å². The molecule has 1 N–H and O–H groups in total. The lowest BCUT2D eigenvalue weighted by molar-refractivity contribution is -0.129. The Balaban J connectivity index is 0.00000227. The topological polar surface area (TPSA) is 77.1 Å². The maximum Gasteiger partial charge on any atom is 0.407 e. The van der Waals surface area contributed by atoms with Gasteiger partial charge < -0.3 is 24.4 Å². The summed E-state index contributed by atoms with van der Waals surface area (Å²) in [4.78, 5) is 25.1. The average Bonchev–Trinajstić information content (AvgIpc) is 2.82. The molecule has 2 rings (SSSR count). The van der Waals surface area contributed by atoms with Gasteiger partial charge in [0.2, 0.25) is 5.91 Å². The summed E-state index contributed by atoms with van der Waals surface area (Å²) < 4.78 is 29.3. The van der Waals surface area contributed by atoms with Crippen LogP contribution in [0.3, 0.4) is 0 Å². The Hall–Kier alpha value is -2.61. The van der Waals surface area contributed by atoms with Gasteiger partial charge in [0.25, 0.3) is 0 Å². The maximum absolute atomic E-state index is 13.2. The number of nitrogens with zero attached hydrogens (tertiary/aromatic N) is 1. The Morgan fingerprint density at radius 2 is 1.94 bits per heavy atom. The summed E-state index contributed by atoms with van der Waals surface area (Å²) in [5, 5.41) is 2.61. The van der Waals surface area contributed by atoms with E-state index in [0.29, 0.717) is 38.6 Å². The summed E-state index contributed by atoms with van der Waals surface area (Å²) in [5.74, 6) is -0.0151. The highest BCUT2D eigenvalue weighted by atomic mass is 19.1. The van der Waals surface area contributed by atoms with E-state index in [1.165, 1.54) is 18.2 Å². The number of aryl methyl sites for hydroxylation is 1. The number of ether oxygens (including phenoxy) is 3. The number of piperidine rings is 1. The van der Waals surface area contributed by atoms with Gasteiger partial charge in [-0.2, -0.15) is 0 Å². The molecule has 0 radical (unpaired) electrons. The second-order valence-corrected chi connectivity index (χ2v) is 6.46. The van der Waals surface area contributed by atoms with Gasteiger partial charge in [0.05, 0.1) is 19.8 Å². The number of carbonyl (C=O) groups excluding carboxylic acids is 2. The van der Waals surface area contributed by atoms with Crippen LogP contribution in [0, 0.1) is 12.7 Å². The Morgan fingerprint density at radius 3 is 2.62 bits per heavy atom. The van der Waals surface area contributed by atoms with Crippen molar-refractivity contribution in [2.75, 3.05) is 39.5 Å². The number of alkyl carbamates (subject to hydrolysis) is 1. The van der Waals surface area contributed by atoms with Crippen molar-refractivity contribution in [1.82, 2.24) is 10.2 Å². The predicted molar refractivity (Wildman–Crippen MR) is 124 cm³/mol. The van der Waals surface area contributed by atoms with Crippen LogP contribution in [-0.2, 0) is 14.3 Å². The highest BCUT2D eigenvalue weighted by Gasteiger charge is 2.24. The molecule has 32 heavy (non-hydrogen) atoms. The highest BCUT2D eigenvalue weighted by Crippen LogP contribution is 2.18. The number of hydrogen-bond acceptors (Lipinski definition) is 5. The molecule has 1 heterocycles. The minimum atomic E-state index is -0.534. The quantitative estimate of drug-likeness (QED) is 0.440. The van der Waals surface area contributed by atoms with Gasteiger partial charge in [0.15, 0.2) is 0 Å². The van der Waals surface area contributed by atoms with Gasteiger partial charge in [-0.1, -0.05) is 40.3 Å². The zero-order chi connectivity index (χ0) is 24.4. The molecule has 1 fully saturated rings. The summed E-state index contributed by atoms with van der Waals surface area (Å²) in [7, 11) is 0. The van der Waals surface area contributed by atoms with Crippen molar-refractivity contribution in [2.24, 2.45) is 0 Å². The van der Waals surface area contributed by atoms with Gasteiger partial charge in [-0.15, -0.1) is 0 Å². The Kier molecular flexibility index (Phi) is 16.5. The molecule has 1 aliphatic rings. The van der Waals surface area contributed by atoms with Crippen molar-refractivity contribution in [3.8, 4) is 5.75 Å². The number of benzene rings is 1. The van der Waals surface area contributed by atoms with Crippen LogP contribution in [0.4, 0.5) is 9.18 Å². The van der Waals surface area contributed by atoms with Crippen LogP contribution in [0.2, 0.25) is 0 Å². The lowest BCUT2D eigenvalue weighted by atomic mass is 10.1. The molecular formula is C24H39FN2O5. The fourth-order valence-electron chi connectivity index (χ4n) is 2.82. The van der Waals surface area contributed by atoms with E-state index in [4.69, 9.17) is 14.2 Å². The summed E-state index contributed by atoms with van der Waals surface area (Å²) in [6, 6.07) is 4.37. The molecule has 182 valence electrons. The molecule has 2 amide bonds. The molecule has 1 aromatic rings. The largest absolute Gasteiger partial charge is 0.491 e. The minimum absolute atomic E-state index is 0.155. The van der Waals surface area contributed by atoms with Gasteiger partial charge in [-0.3, -0.25) is 4.79 Å². The molecule has 0 spiro atoms. The number of hydrogen-bond donors (Lipinski definition) is 1. The lowest BCUT2D eigenvalue weighted by Gasteiger charge is -2.31. The molecule has 1 aliphatic heterocycles. The van der Waals surface area contributed by atoms with E-state index in [0.717, 1.165) is 18.4 Å². The third kappa shape index (κ3) is 11.7. The van der Waals surface area contributed by atoms with Crippen molar-refractivity contribution in [2.45, 2.75) is 53.6 Å². The van der Waals surface area contributed by atoms with Crippen LogP contribution in [0.15, 0.2) is 30.9 Å². The van der Waals surface area contributed by atoms with Crippen molar-refractivity contribution < 1.29 is 28.2 Å². The number of rotatable bonds is 9. The number of nitrogens with one attached hydrogen (secondary N) is 1. The number of amides is 2. The van der Waals surface area contributed by atoms with Crippen molar-refractivity contribution in [1.29, 1.82) is 0 Å². The van der Waals surface area contributed by atoms with Gasteiger partial charge in [-0.25, -0.2) is 9.18 Å². The summed E-state index contributed by atoms with van der Waals surface area (Å²) in [6.07, 6.45) is 1.92. The van der Waals surface area contributed by atoms with Crippen LogP contribution in [0.5, 0.6) is 5.75 Å². The number of halogens is 1. The molecule has 1 aromatic carbocycles. The average molecular weight is 455 g/mol. The lowest BCUT2D eigenvalue weighted by Crippen LogP contribution is -2.44. The third-order valence-corrected chi connectivity index (χ3v) is 4.29. The summed E-state index contributed by atoms with van der Waals surface area (Å²) >= 11 is 0. The molecular weight excluding hydrogens is 415 g/mol. The molecule has 0 saturated carbocycles. The van der Waals surface area contributed by atoms with Crippen molar-refractivity contribution >= 4 is 12.0 Å². The first kappa shape index (κ1) is 29.4. The van der Waals surface area contributed by atoms with Gasteiger partial charge in [-0.05, 0) is 37.5 Å². The van der Waals surface area contributed by atoms with Crippen LogP contribution < -0.4 is 10.1 Å². The van der Waals surface area contributed by atoms with Gasteiger partial charge in [0.1, 0.15) is 24.3 Å². The smallest absolute Gasteiger partial charge is 0.407 e. The second kappa shape index (κ2) is 18.0. The first-order valence-corrected chi connectivity index (χ1v) is 11.3. The Bertz CT molecular complexity index is 684. The van der Waals surface area contributed by atoms with E-state index in [1.807, 2.05) is 34.6 Å². The molecule has 1 unspecified atom stereocenters. The molecule has 1 atom stereocenters. The molecule has 7 nitrogen and oxygen atoms in total. The summed E-state index contributed by atoms with van der Waals surface area (Å²) in [6.45, 7) is 15.5. The second-order valence-electron chi connectivity index (χ2n) is 6.46. The number of likely N-dealkylation sites (tertiary alicyclic amines) is 1. The van der Waals surface area contributed by atoms with Gasteiger partial charge >= 0.3 is 6.09 Å². The fraction of sp³-hybridized carbons (Fsp3) is 0.583. The van der Waals surface area contributed by atoms with E-state index in [-0.39, 0.29) is 24.4 Å². The molecule has 0 bridgehead atoms. The van der Waals surface area contributed by atoms with E-state index in [1.54, 1.807) is 11.0 Å². The van der Waals surface area contributed by atoms with E-state index < -0.39 is 6.09 Å². The normalized spacial score (nSPS) is 14.7. The Labute approximate surface area is 191 Å². The number of carbonyl (C=O) groups is 2. The molecule has 0 aromatic heterocycles. The van der Waals surface area contributed by atoms with Crippen LogP contribution >= 0.6 is 0 Å². The van der Waals surface area contributed by atoms with Crippen LogP contribution in [0.1, 0.15) is 46.1 Å². The molecule has 1 saturated heterocycles. The van der Waals surface area contributed by atoms with Crippen molar-refractivity contribution in [3.63, 3.8) is 0 Å².